The zero-order valence-corrected chi connectivity index (χ0v) is 16.9. The smallest absolute Gasteiger partial charge is 0.252 e. The van der Waals surface area contributed by atoms with Gasteiger partial charge in [0.05, 0.1) is 18.5 Å². The second-order valence-corrected chi connectivity index (χ2v) is 7.15. The van der Waals surface area contributed by atoms with Crippen LogP contribution in [0, 0.1) is 20.8 Å². The predicted octanol–water partition coefficient (Wildman–Crippen LogP) is 2.92. The minimum atomic E-state index is 0.632. The van der Waals surface area contributed by atoms with Gasteiger partial charge in [-0.15, -0.1) is 0 Å². The normalized spacial score (nSPS) is 14.4. The SMILES string of the molecule is COc1ccccc1N1CCN(c2cc(C)nc(-n3nc(C)cc3C)n2)CC1. The van der Waals surface area contributed by atoms with Crippen LogP contribution < -0.4 is 14.5 Å². The van der Waals surface area contributed by atoms with Crippen molar-refractivity contribution in [3.05, 3.63) is 53.5 Å². The molecule has 2 aromatic heterocycles. The number of aryl methyl sites for hydroxylation is 3. The van der Waals surface area contributed by atoms with Gasteiger partial charge in [-0.2, -0.15) is 10.1 Å². The van der Waals surface area contributed by atoms with Gasteiger partial charge in [0, 0.05) is 43.6 Å². The molecule has 1 fully saturated rings. The fourth-order valence-corrected chi connectivity index (χ4v) is 3.69. The van der Waals surface area contributed by atoms with Crippen LogP contribution >= 0.6 is 0 Å². The highest BCUT2D eigenvalue weighted by Gasteiger charge is 2.21. The van der Waals surface area contributed by atoms with Crippen molar-refractivity contribution >= 4 is 11.5 Å². The van der Waals surface area contributed by atoms with Crippen LogP contribution in [0.15, 0.2) is 36.4 Å². The first-order valence-electron chi connectivity index (χ1n) is 9.57. The first kappa shape index (κ1) is 18.3. The average Bonchev–Trinajstić information content (AvgIpc) is 3.05. The largest absolute Gasteiger partial charge is 0.495 e. The van der Waals surface area contributed by atoms with Crippen LogP contribution in [-0.4, -0.2) is 53.0 Å². The lowest BCUT2D eigenvalue weighted by molar-refractivity contribution is 0.413. The molecule has 3 heterocycles. The summed E-state index contributed by atoms with van der Waals surface area (Å²) in [6, 6.07) is 12.3. The molecule has 146 valence electrons. The summed E-state index contributed by atoms with van der Waals surface area (Å²) in [6.45, 7) is 9.63. The Bertz CT molecular complexity index is 975. The maximum Gasteiger partial charge on any atom is 0.252 e. The molecule has 7 heteroatoms. The maximum atomic E-state index is 5.52. The molecule has 0 saturated carbocycles. The van der Waals surface area contributed by atoms with Crippen molar-refractivity contribution in [2.24, 2.45) is 0 Å². The van der Waals surface area contributed by atoms with Crippen LogP contribution in [0.5, 0.6) is 5.75 Å². The van der Waals surface area contributed by atoms with Crippen molar-refractivity contribution in [2.75, 3.05) is 43.1 Å². The summed E-state index contributed by atoms with van der Waals surface area (Å²) in [7, 11) is 1.72. The van der Waals surface area contributed by atoms with Crippen LogP contribution in [0.3, 0.4) is 0 Å². The lowest BCUT2D eigenvalue weighted by atomic mass is 10.2. The van der Waals surface area contributed by atoms with E-state index >= 15 is 0 Å². The zero-order valence-electron chi connectivity index (χ0n) is 16.9. The van der Waals surface area contributed by atoms with E-state index in [2.05, 4.69) is 32.0 Å². The monoisotopic (exact) mass is 378 g/mol. The third-order valence-corrected chi connectivity index (χ3v) is 5.06. The van der Waals surface area contributed by atoms with Gasteiger partial charge in [0.1, 0.15) is 11.6 Å². The molecule has 1 aliphatic heterocycles. The molecule has 3 aromatic rings. The van der Waals surface area contributed by atoms with Crippen molar-refractivity contribution in [1.82, 2.24) is 19.7 Å². The fraction of sp³-hybridized carbons (Fsp3) is 0.381. The van der Waals surface area contributed by atoms with Gasteiger partial charge in [-0.3, -0.25) is 0 Å². The van der Waals surface area contributed by atoms with E-state index in [0.29, 0.717) is 5.95 Å². The first-order valence-corrected chi connectivity index (χ1v) is 9.57. The van der Waals surface area contributed by atoms with Crippen LogP contribution in [0.4, 0.5) is 11.5 Å². The predicted molar refractivity (Wildman–Crippen MR) is 111 cm³/mol. The summed E-state index contributed by atoms with van der Waals surface area (Å²) < 4.78 is 7.33. The van der Waals surface area contributed by atoms with Gasteiger partial charge in [0.15, 0.2) is 0 Å². The number of nitrogens with zero attached hydrogens (tertiary/aromatic N) is 6. The standard InChI is InChI=1S/C21H26N6O/c1-15-14-20(23-21(22-15)27-17(3)13-16(2)24-27)26-11-9-25(10-12-26)18-7-5-6-8-19(18)28-4/h5-8,13-14H,9-12H2,1-4H3. The molecule has 0 amide bonds. The van der Waals surface area contributed by atoms with Crippen molar-refractivity contribution in [1.29, 1.82) is 0 Å². The fourth-order valence-electron chi connectivity index (χ4n) is 3.69. The summed E-state index contributed by atoms with van der Waals surface area (Å²) in [5.74, 6) is 2.50. The second-order valence-electron chi connectivity index (χ2n) is 7.15. The van der Waals surface area contributed by atoms with Crippen molar-refractivity contribution in [2.45, 2.75) is 20.8 Å². The lowest BCUT2D eigenvalue weighted by Crippen LogP contribution is -2.47. The molecular formula is C21H26N6O. The van der Waals surface area contributed by atoms with E-state index < -0.39 is 0 Å². The first-order chi connectivity index (χ1) is 13.5. The summed E-state index contributed by atoms with van der Waals surface area (Å²) >= 11 is 0. The van der Waals surface area contributed by atoms with E-state index in [0.717, 1.165) is 60.5 Å². The molecule has 0 bridgehead atoms. The molecule has 0 radical (unpaired) electrons. The van der Waals surface area contributed by atoms with Gasteiger partial charge in [-0.05, 0) is 39.0 Å². The molecule has 1 aromatic carbocycles. The number of anilines is 2. The average molecular weight is 378 g/mol. The number of ether oxygens (including phenoxy) is 1. The van der Waals surface area contributed by atoms with Gasteiger partial charge >= 0.3 is 0 Å². The molecule has 1 saturated heterocycles. The molecule has 0 aliphatic carbocycles. The summed E-state index contributed by atoms with van der Waals surface area (Å²) in [4.78, 5) is 14.1. The molecular weight excluding hydrogens is 352 g/mol. The summed E-state index contributed by atoms with van der Waals surface area (Å²) in [5, 5.41) is 4.53. The van der Waals surface area contributed by atoms with E-state index in [-0.39, 0.29) is 0 Å². The Morgan fingerprint density at radius 1 is 0.857 bits per heavy atom. The Morgan fingerprint density at radius 2 is 1.57 bits per heavy atom. The van der Waals surface area contributed by atoms with Crippen LogP contribution in [0.2, 0.25) is 0 Å². The molecule has 4 rings (SSSR count). The number of aromatic nitrogens is 4. The van der Waals surface area contributed by atoms with E-state index in [4.69, 9.17) is 9.72 Å². The van der Waals surface area contributed by atoms with Gasteiger partial charge < -0.3 is 14.5 Å². The lowest BCUT2D eigenvalue weighted by Gasteiger charge is -2.37. The minimum Gasteiger partial charge on any atom is -0.495 e. The van der Waals surface area contributed by atoms with Crippen LogP contribution in [0.25, 0.3) is 5.95 Å². The second kappa shape index (κ2) is 7.50. The number of piperazine rings is 1. The minimum absolute atomic E-state index is 0.632. The summed E-state index contributed by atoms with van der Waals surface area (Å²) in [6.07, 6.45) is 0. The Kier molecular flexibility index (Phi) is 4.90. The number of benzene rings is 1. The quantitative estimate of drug-likeness (QED) is 0.696. The highest BCUT2D eigenvalue weighted by Crippen LogP contribution is 2.29. The number of rotatable bonds is 4. The highest BCUT2D eigenvalue weighted by molar-refractivity contribution is 5.59. The van der Waals surface area contributed by atoms with E-state index in [1.807, 2.05) is 49.7 Å². The van der Waals surface area contributed by atoms with Crippen molar-refractivity contribution in [3.63, 3.8) is 0 Å². The Morgan fingerprint density at radius 3 is 2.25 bits per heavy atom. The molecule has 1 aliphatic rings. The Labute approximate surface area is 165 Å². The van der Waals surface area contributed by atoms with Crippen molar-refractivity contribution < 1.29 is 4.74 Å². The topological polar surface area (TPSA) is 59.3 Å². The van der Waals surface area contributed by atoms with Gasteiger partial charge in [-0.1, -0.05) is 12.1 Å². The molecule has 28 heavy (non-hydrogen) atoms. The molecule has 0 N–H and O–H groups in total. The number of methoxy groups -OCH3 is 1. The van der Waals surface area contributed by atoms with E-state index in [1.165, 1.54) is 0 Å². The van der Waals surface area contributed by atoms with Crippen LogP contribution in [-0.2, 0) is 0 Å². The highest BCUT2D eigenvalue weighted by atomic mass is 16.5. The Balaban J connectivity index is 1.54. The summed E-state index contributed by atoms with van der Waals surface area (Å²) in [5.41, 5.74) is 4.09. The third-order valence-electron chi connectivity index (χ3n) is 5.06. The van der Waals surface area contributed by atoms with Crippen molar-refractivity contribution in [3.8, 4) is 11.7 Å². The third kappa shape index (κ3) is 3.52. The molecule has 0 unspecified atom stereocenters. The van der Waals surface area contributed by atoms with Gasteiger partial charge in [0.25, 0.3) is 5.95 Å². The molecule has 7 nitrogen and oxygen atoms in total. The van der Waals surface area contributed by atoms with Gasteiger partial charge in [-0.25, -0.2) is 9.67 Å². The Hall–Kier alpha value is -3.09. The molecule has 0 atom stereocenters. The number of hydrogen-bond acceptors (Lipinski definition) is 6. The van der Waals surface area contributed by atoms with Gasteiger partial charge in [0.2, 0.25) is 0 Å². The van der Waals surface area contributed by atoms with E-state index in [9.17, 15) is 0 Å². The maximum absolute atomic E-state index is 5.52. The number of para-hydroxylation sites is 2. The van der Waals surface area contributed by atoms with Crippen LogP contribution in [0.1, 0.15) is 17.1 Å². The number of hydrogen-bond donors (Lipinski definition) is 0. The zero-order chi connectivity index (χ0) is 19.7. The molecule has 0 spiro atoms. The van der Waals surface area contributed by atoms with E-state index in [1.54, 1.807) is 7.11 Å².